The number of hydrogen-bond donors (Lipinski definition) is 2. The second kappa shape index (κ2) is 7.44. The minimum atomic E-state index is -0.250. The SMILES string of the molecule is CNCC1=CC2N(C)C(c3ccc(F)cc3)=C(c3ccnc(NC)n3)N2C=C1. The molecule has 0 spiro atoms. The summed E-state index contributed by atoms with van der Waals surface area (Å²) >= 11 is 0. The van der Waals surface area contributed by atoms with Crippen molar-refractivity contribution in [2.45, 2.75) is 6.17 Å². The molecule has 4 rings (SSSR count). The second-order valence-electron chi connectivity index (χ2n) is 6.74. The van der Waals surface area contributed by atoms with Crippen molar-refractivity contribution in [3.8, 4) is 0 Å². The lowest BCUT2D eigenvalue weighted by atomic mass is 10.1. The molecule has 2 N–H and O–H groups in total. The number of nitrogens with zero attached hydrogens (tertiary/aromatic N) is 4. The van der Waals surface area contributed by atoms with Crippen LogP contribution >= 0.6 is 0 Å². The maximum Gasteiger partial charge on any atom is 0.222 e. The standard InChI is InChI=1S/C21H23FN6/c1-23-13-14-9-11-28-18(12-14)27(3)19(15-4-6-16(22)7-5-15)20(28)17-8-10-25-21(24-2)26-17/h4-12,18,23H,13H2,1-3H3,(H,24,25,26). The molecule has 144 valence electrons. The average molecular weight is 378 g/mol. The van der Waals surface area contributed by atoms with Crippen molar-refractivity contribution in [2.75, 3.05) is 33.0 Å². The third kappa shape index (κ3) is 3.14. The van der Waals surface area contributed by atoms with Crippen LogP contribution in [0.1, 0.15) is 11.3 Å². The van der Waals surface area contributed by atoms with Gasteiger partial charge in [-0.2, -0.15) is 0 Å². The fourth-order valence-corrected chi connectivity index (χ4v) is 3.65. The molecule has 0 saturated heterocycles. The lowest BCUT2D eigenvalue weighted by Gasteiger charge is -2.31. The molecule has 1 aromatic heterocycles. The first kappa shape index (κ1) is 18.2. The number of fused-ring (bicyclic) bond motifs is 1. The molecule has 1 atom stereocenters. The molecule has 2 aromatic rings. The summed E-state index contributed by atoms with van der Waals surface area (Å²) in [5, 5.41) is 6.19. The second-order valence-corrected chi connectivity index (χ2v) is 6.74. The topological polar surface area (TPSA) is 56.3 Å². The van der Waals surface area contributed by atoms with Gasteiger partial charge in [-0.15, -0.1) is 0 Å². The Bertz CT molecular complexity index is 963. The number of benzene rings is 1. The summed E-state index contributed by atoms with van der Waals surface area (Å²) in [5.74, 6) is 0.307. The largest absolute Gasteiger partial charge is 0.357 e. The number of halogens is 1. The molecule has 1 unspecified atom stereocenters. The van der Waals surface area contributed by atoms with Crippen LogP contribution in [-0.2, 0) is 0 Å². The predicted octanol–water partition coefficient (Wildman–Crippen LogP) is 2.73. The van der Waals surface area contributed by atoms with Gasteiger partial charge in [-0.25, -0.2) is 14.4 Å². The van der Waals surface area contributed by atoms with Crippen LogP contribution in [0, 0.1) is 5.82 Å². The molecule has 2 aliphatic heterocycles. The van der Waals surface area contributed by atoms with Gasteiger partial charge in [0.1, 0.15) is 12.0 Å². The molecule has 2 aliphatic rings. The van der Waals surface area contributed by atoms with Crippen LogP contribution in [0.5, 0.6) is 0 Å². The Morgan fingerprint density at radius 1 is 1.11 bits per heavy atom. The van der Waals surface area contributed by atoms with Crippen LogP contribution in [0.3, 0.4) is 0 Å². The number of aromatic nitrogens is 2. The first-order valence-electron chi connectivity index (χ1n) is 9.18. The summed E-state index contributed by atoms with van der Waals surface area (Å²) in [6.07, 6.45) is 8.19. The molecule has 0 aliphatic carbocycles. The van der Waals surface area contributed by atoms with Crippen molar-refractivity contribution in [1.29, 1.82) is 0 Å². The van der Waals surface area contributed by atoms with E-state index in [0.29, 0.717) is 5.95 Å². The van der Waals surface area contributed by atoms with Crippen molar-refractivity contribution >= 4 is 17.3 Å². The summed E-state index contributed by atoms with van der Waals surface area (Å²) in [7, 11) is 5.79. The van der Waals surface area contributed by atoms with Gasteiger partial charge >= 0.3 is 0 Å². The minimum absolute atomic E-state index is 0.0244. The Morgan fingerprint density at radius 2 is 1.89 bits per heavy atom. The number of nitrogens with one attached hydrogen (secondary N) is 2. The summed E-state index contributed by atoms with van der Waals surface area (Å²) in [6, 6.07) is 8.49. The van der Waals surface area contributed by atoms with E-state index in [1.807, 2.05) is 25.2 Å². The molecule has 28 heavy (non-hydrogen) atoms. The molecule has 7 heteroatoms. The predicted molar refractivity (Wildman–Crippen MR) is 109 cm³/mol. The molecule has 0 amide bonds. The van der Waals surface area contributed by atoms with E-state index in [1.54, 1.807) is 13.2 Å². The smallest absolute Gasteiger partial charge is 0.222 e. The normalized spacial score (nSPS) is 18.4. The van der Waals surface area contributed by atoms with E-state index >= 15 is 0 Å². The van der Waals surface area contributed by atoms with Gasteiger partial charge in [0, 0.05) is 38.6 Å². The van der Waals surface area contributed by atoms with Gasteiger partial charge in [0.25, 0.3) is 0 Å². The molecule has 6 nitrogen and oxygen atoms in total. The third-order valence-electron chi connectivity index (χ3n) is 4.95. The van der Waals surface area contributed by atoms with E-state index in [4.69, 9.17) is 0 Å². The van der Waals surface area contributed by atoms with Crippen LogP contribution in [0.15, 0.2) is 60.5 Å². The highest BCUT2D eigenvalue weighted by molar-refractivity contribution is 5.91. The molecule has 0 saturated carbocycles. The summed E-state index contributed by atoms with van der Waals surface area (Å²) < 4.78 is 13.5. The Hall–Kier alpha value is -3.19. The zero-order chi connectivity index (χ0) is 19.7. The summed E-state index contributed by atoms with van der Waals surface area (Å²) in [6.45, 7) is 0.799. The number of rotatable bonds is 5. The van der Waals surface area contributed by atoms with Crippen LogP contribution in [0.2, 0.25) is 0 Å². The molecule has 0 radical (unpaired) electrons. The van der Waals surface area contributed by atoms with Crippen LogP contribution in [-0.4, -0.2) is 53.6 Å². The fourth-order valence-electron chi connectivity index (χ4n) is 3.65. The number of anilines is 1. The zero-order valence-corrected chi connectivity index (χ0v) is 16.1. The molecule has 3 heterocycles. The van der Waals surface area contributed by atoms with Gasteiger partial charge in [-0.3, -0.25) is 0 Å². The maximum absolute atomic E-state index is 13.5. The van der Waals surface area contributed by atoms with Gasteiger partial charge in [-0.1, -0.05) is 0 Å². The fraction of sp³-hybridized carbons (Fsp3) is 0.238. The van der Waals surface area contributed by atoms with Gasteiger partial charge in [0.05, 0.1) is 17.1 Å². The van der Waals surface area contributed by atoms with E-state index in [9.17, 15) is 4.39 Å². The molecule has 0 fully saturated rings. The van der Waals surface area contributed by atoms with Crippen molar-refractivity contribution in [1.82, 2.24) is 25.1 Å². The van der Waals surface area contributed by atoms with E-state index in [-0.39, 0.29) is 12.0 Å². The molecule has 0 bridgehead atoms. The quantitative estimate of drug-likeness (QED) is 0.835. The van der Waals surface area contributed by atoms with E-state index in [1.165, 1.54) is 17.7 Å². The van der Waals surface area contributed by atoms with E-state index in [0.717, 1.165) is 29.2 Å². The van der Waals surface area contributed by atoms with Crippen molar-refractivity contribution in [2.24, 2.45) is 0 Å². The lowest BCUT2D eigenvalue weighted by molar-refractivity contribution is 0.288. The van der Waals surface area contributed by atoms with E-state index < -0.39 is 0 Å². The van der Waals surface area contributed by atoms with Gasteiger partial charge in [0.15, 0.2) is 0 Å². The number of hydrogen-bond acceptors (Lipinski definition) is 6. The first-order chi connectivity index (χ1) is 13.6. The minimum Gasteiger partial charge on any atom is -0.357 e. The lowest BCUT2D eigenvalue weighted by Crippen LogP contribution is -2.36. The first-order valence-corrected chi connectivity index (χ1v) is 9.18. The highest BCUT2D eigenvalue weighted by atomic mass is 19.1. The monoisotopic (exact) mass is 378 g/mol. The van der Waals surface area contributed by atoms with Gasteiger partial charge in [-0.05, 0) is 55.1 Å². The Balaban J connectivity index is 1.87. The average Bonchev–Trinajstić information content (AvgIpc) is 3.01. The van der Waals surface area contributed by atoms with Crippen LogP contribution in [0.25, 0.3) is 11.4 Å². The summed E-state index contributed by atoms with van der Waals surface area (Å²) in [4.78, 5) is 13.3. The third-order valence-corrected chi connectivity index (χ3v) is 4.95. The van der Waals surface area contributed by atoms with Crippen LogP contribution < -0.4 is 10.6 Å². The van der Waals surface area contributed by atoms with Gasteiger partial charge in [0.2, 0.25) is 5.95 Å². The summed E-state index contributed by atoms with van der Waals surface area (Å²) in [5.41, 5.74) is 4.93. The molecular weight excluding hydrogens is 355 g/mol. The Morgan fingerprint density at radius 3 is 2.61 bits per heavy atom. The molecule has 1 aromatic carbocycles. The van der Waals surface area contributed by atoms with Crippen LogP contribution in [0.4, 0.5) is 10.3 Å². The Labute approximate surface area is 164 Å². The number of likely N-dealkylation sites (N-methyl/N-ethyl adjacent to an activating group) is 2. The van der Waals surface area contributed by atoms with E-state index in [2.05, 4.69) is 55.8 Å². The van der Waals surface area contributed by atoms with Gasteiger partial charge < -0.3 is 20.4 Å². The highest BCUT2D eigenvalue weighted by Crippen LogP contribution is 2.42. The maximum atomic E-state index is 13.5. The molecular formula is C21H23FN6. The zero-order valence-electron chi connectivity index (χ0n) is 16.1. The highest BCUT2D eigenvalue weighted by Gasteiger charge is 2.37. The van der Waals surface area contributed by atoms with Crippen molar-refractivity contribution in [3.63, 3.8) is 0 Å². The van der Waals surface area contributed by atoms with Crippen molar-refractivity contribution < 1.29 is 4.39 Å². The Kier molecular flexibility index (Phi) is 4.83. The van der Waals surface area contributed by atoms with Crippen molar-refractivity contribution in [3.05, 3.63) is 77.5 Å².